The lowest BCUT2D eigenvalue weighted by atomic mass is 9.94. The second kappa shape index (κ2) is 9.99. The molecule has 184 valence electrons. The molecule has 1 aliphatic carbocycles. The van der Waals surface area contributed by atoms with Gasteiger partial charge in [-0.3, -0.25) is 9.59 Å². The van der Waals surface area contributed by atoms with Crippen LogP contribution >= 0.6 is 0 Å². The second-order valence-electron chi connectivity index (χ2n) is 8.90. The summed E-state index contributed by atoms with van der Waals surface area (Å²) in [5, 5.41) is 22.9. The molecular weight excluding hydrogens is 468 g/mol. The van der Waals surface area contributed by atoms with Crippen molar-refractivity contribution >= 4 is 11.8 Å². The predicted molar refractivity (Wildman–Crippen MR) is 134 cm³/mol. The first-order valence-electron chi connectivity index (χ1n) is 11.8. The average molecular weight is 493 g/mol. The normalized spacial score (nSPS) is 14.3. The molecule has 10 nitrogen and oxygen atoms in total. The summed E-state index contributed by atoms with van der Waals surface area (Å²) in [4.78, 5) is 34.2. The molecule has 2 N–H and O–H groups in total. The maximum absolute atomic E-state index is 13.2. The monoisotopic (exact) mass is 492 g/mol. The van der Waals surface area contributed by atoms with Crippen molar-refractivity contribution < 1.29 is 9.59 Å². The molecule has 0 spiro atoms. The molecule has 2 heterocycles. The molecule has 1 fully saturated rings. The summed E-state index contributed by atoms with van der Waals surface area (Å²) in [6.07, 6.45) is 6.40. The molecule has 0 saturated heterocycles. The van der Waals surface area contributed by atoms with Crippen LogP contribution in [-0.4, -0.2) is 49.9 Å². The summed E-state index contributed by atoms with van der Waals surface area (Å²) >= 11 is 0. The number of nitrogens with zero attached hydrogens (tertiary/aromatic N) is 6. The third-order valence-corrected chi connectivity index (χ3v) is 6.50. The highest BCUT2D eigenvalue weighted by atomic mass is 16.2. The minimum absolute atomic E-state index is 0.152. The molecule has 2 amide bonds. The van der Waals surface area contributed by atoms with Crippen molar-refractivity contribution in [3.63, 3.8) is 0 Å². The van der Waals surface area contributed by atoms with Crippen molar-refractivity contribution in [2.45, 2.75) is 30.7 Å². The van der Waals surface area contributed by atoms with Crippen molar-refractivity contribution in [3.8, 4) is 23.1 Å². The van der Waals surface area contributed by atoms with Gasteiger partial charge in [-0.1, -0.05) is 35.5 Å². The van der Waals surface area contributed by atoms with Crippen LogP contribution in [0.5, 0.6) is 0 Å². The van der Waals surface area contributed by atoms with Crippen molar-refractivity contribution in [2.75, 3.05) is 7.05 Å². The number of carbonyl (C=O) groups excluding carboxylic acids is 2. The van der Waals surface area contributed by atoms with Gasteiger partial charge >= 0.3 is 0 Å². The van der Waals surface area contributed by atoms with Crippen molar-refractivity contribution in [1.29, 1.82) is 5.26 Å². The quantitative estimate of drug-likeness (QED) is 0.384. The Morgan fingerprint density at radius 3 is 2.41 bits per heavy atom. The van der Waals surface area contributed by atoms with Crippen molar-refractivity contribution in [3.05, 3.63) is 90.0 Å². The molecule has 4 aromatic rings. The molecule has 0 bridgehead atoms. The number of carbonyl (C=O) groups is 2. The van der Waals surface area contributed by atoms with Gasteiger partial charge in [0.05, 0.1) is 28.6 Å². The number of nitrogens with one attached hydrogen (secondary N) is 2. The number of benzene rings is 2. The van der Waals surface area contributed by atoms with Crippen LogP contribution in [0.25, 0.3) is 17.1 Å². The maximum Gasteiger partial charge on any atom is 0.242 e. The summed E-state index contributed by atoms with van der Waals surface area (Å²) in [7, 11) is 1.54. The van der Waals surface area contributed by atoms with E-state index in [-0.39, 0.29) is 18.2 Å². The van der Waals surface area contributed by atoms with Crippen LogP contribution in [0.3, 0.4) is 0 Å². The lowest BCUT2D eigenvalue weighted by Crippen LogP contribution is -2.50. The molecule has 0 aliphatic heterocycles. The highest BCUT2D eigenvalue weighted by Gasteiger charge is 2.51. The van der Waals surface area contributed by atoms with Crippen LogP contribution in [0, 0.1) is 11.3 Å². The van der Waals surface area contributed by atoms with E-state index in [1.54, 1.807) is 17.9 Å². The van der Waals surface area contributed by atoms with Gasteiger partial charge in [0.1, 0.15) is 12.1 Å². The molecule has 2 aromatic carbocycles. The van der Waals surface area contributed by atoms with Gasteiger partial charge in [0.2, 0.25) is 11.8 Å². The first kappa shape index (κ1) is 23.8. The SMILES string of the molecule is CNC(=O)C(Cc1cn(-c2ccc(-c3ncc(C#N)cn3)cc2)nn1)NC(=O)C1(c2ccccc2)CC1. The zero-order chi connectivity index (χ0) is 25.8. The number of hydrogen-bond donors (Lipinski definition) is 2. The van der Waals surface area contributed by atoms with Crippen LogP contribution in [0.15, 0.2) is 73.2 Å². The first-order chi connectivity index (χ1) is 18.0. The summed E-state index contributed by atoms with van der Waals surface area (Å²) in [6, 6.07) is 18.3. The van der Waals surface area contributed by atoms with E-state index < -0.39 is 11.5 Å². The Morgan fingerprint density at radius 2 is 1.78 bits per heavy atom. The third kappa shape index (κ3) is 4.92. The Hall–Kier alpha value is -4.91. The smallest absolute Gasteiger partial charge is 0.242 e. The molecule has 5 rings (SSSR count). The van der Waals surface area contributed by atoms with E-state index in [2.05, 4.69) is 30.9 Å². The highest BCUT2D eigenvalue weighted by Crippen LogP contribution is 2.48. The standard InChI is InChI=1S/C27H24N8O2/c1-29-25(36)23(32-26(37)27(11-12-27)20-5-3-2-4-6-20)13-21-17-35(34-33-21)22-9-7-19(8-10-22)24-30-15-18(14-28)16-31-24/h2-10,15-17,23H,11-13H2,1H3,(H,29,36)(H,32,37). The predicted octanol–water partition coefficient (Wildman–Crippen LogP) is 2.10. The molecular formula is C27H24N8O2. The Balaban J connectivity index is 1.29. The number of aromatic nitrogens is 5. The molecule has 0 radical (unpaired) electrons. The largest absolute Gasteiger partial charge is 0.357 e. The van der Waals surface area contributed by atoms with E-state index in [0.29, 0.717) is 17.1 Å². The summed E-state index contributed by atoms with van der Waals surface area (Å²) < 4.78 is 1.60. The Kier molecular flexibility index (Phi) is 6.43. The molecule has 10 heteroatoms. The van der Waals surface area contributed by atoms with Gasteiger partial charge in [0.25, 0.3) is 0 Å². The van der Waals surface area contributed by atoms with Gasteiger partial charge < -0.3 is 10.6 Å². The number of rotatable bonds is 8. The first-order valence-corrected chi connectivity index (χ1v) is 11.8. The minimum Gasteiger partial charge on any atom is -0.357 e. The van der Waals surface area contributed by atoms with Crippen LogP contribution < -0.4 is 10.6 Å². The van der Waals surface area contributed by atoms with Gasteiger partial charge in [-0.2, -0.15) is 5.26 Å². The summed E-state index contributed by atoms with van der Waals surface area (Å²) in [5.41, 5.74) is 2.91. The Bertz CT molecular complexity index is 1450. The topological polar surface area (TPSA) is 138 Å². The van der Waals surface area contributed by atoms with E-state index in [1.807, 2.05) is 60.7 Å². The fourth-order valence-electron chi connectivity index (χ4n) is 4.23. The van der Waals surface area contributed by atoms with E-state index in [4.69, 9.17) is 5.26 Å². The zero-order valence-electron chi connectivity index (χ0n) is 20.1. The fraction of sp³-hybridized carbons (Fsp3) is 0.222. The van der Waals surface area contributed by atoms with E-state index in [9.17, 15) is 9.59 Å². The fourth-order valence-corrected chi connectivity index (χ4v) is 4.23. The van der Waals surface area contributed by atoms with E-state index in [0.717, 1.165) is 29.7 Å². The highest BCUT2D eigenvalue weighted by molar-refractivity contribution is 5.95. The number of hydrogen-bond acceptors (Lipinski definition) is 7. The molecule has 1 atom stereocenters. The van der Waals surface area contributed by atoms with Crippen molar-refractivity contribution in [1.82, 2.24) is 35.6 Å². The van der Waals surface area contributed by atoms with E-state index in [1.165, 1.54) is 12.4 Å². The molecule has 1 saturated carbocycles. The maximum atomic E-state index is 13.2. The zero-order valence-corrected chi connectivity index (χ0v) is 20.1. The Morgan fingerprint density at radius 1 is 1.08 bits per heavy atom. The van der Waals surface area contributed by atoms with Crippen LogP contribution in [0.4, 0.5) is 0 Å². The Labute approximate surface area is 213 Å². The van der Waals surface area contributed by atoms with Crippen LogP contribution in [0.1, 0.15) is 29.7 Å². The lowest BCUT2D eigenvalue weighted by molar-refractivity contribution is -0.130. The van der Waals surface area contributed by atoms with Gasteiger partial charge in [0.15, 0.2) is 5.82 Å². The van der Waals surface area contributed by atoms with Gasteiger partial charge in [0, 0.05) is 31.4 Å². The average Bonchev–Trinajstić information content (AvgIpc) is 3.65. The number of likely N-dealkylation sites (N-methyl/N-ethyl adjacent to an activating group) is 1. The number of amides is 2. The second-order valence-corrected chi connectivity index (χ2v) is 8.90. The molecule has 37 heavy (non-hydrogen) atoms. The third-order valence-electron chi connectivity index (χ3n) is 6.50. The minimum atomic E-state index is -0.778. The van der Waals surface area contributed by atoms with Gasteiger partial charge in [-0.25, -0.2) is 14.6 Å². The molecule has 2 aromatic heterocycles. The lowest BCUT2D eigenvalue weighted by Gasteiger charge is -2.21. The van der Waals surface area contributed by atoms with E-state index >= 15 is 0 Å². The van der Waals surface area contributed by atoms with Gasteiger partial charge in [-0.05, 0) is 42.7 Å². The van der Waals surface area contributed by atoms with Crippen LogP contribution in [-0.2, 0) is 21.4 Å². The number of nitriles is 1. The van der Waals surface area contributed by atoms with Crippen molar-refractivity contribution in [2.24, 2.45) is 0 Å². The molecule has 1 aliphatic rings. The molecule has 1 unspecified atom stereocenters. The van der Waals surface area contributed by atoms with Gasteiger partial charge in [-0.15, -0.1) is 5.10 Å². The summed E-state index contributed by atoms with van der Waals surface area (Å²) in [5.74, 6) is 0.0664. The summed E-state index contributed by atoms with van der Waals surface area (Å²) in [6.45, 7) is 0. The van der Waals surface area contributed by atoms with Crippen LogP contribution in [0.2, 0.25) is 0 Å².